The molecule has 0 radical (unpaired) electrons. The zero-order valence-electron chi connectivity index (χ0n) is 9.39. The van der Waals surface area contributed by atoms with Crippen LogP contribution < -0.4 is 4.74 Å². The monoisotopic (exact) mass is 223 g/mol. The van der Waals surface area contributed by atoms with Gasteiger partial charge in [0.05, 0.1) is 18.7 Å². The van der Waals surface area contributed by atoms with Gasteiger partial charge in [-0.1, -0.05) is 32.4 Å². The number of hydrogen-bond acceptors (Lipinski definition) is 2. The fourth-order valence-corrected chi connectivity index (χ4v) is 2.03. The molecule has 0 heterocycles. The third-order valence-corrected chi connectivity index (χ3v) is 2.45. The lowest BCUT2D eigenvalue weighted by atomic mass is 9.85. The average Bonchev–Trinajstić information content (AvgIpc) is 2.14. The first-order valence-corrected chi connectivity index (χ1v) is 5.06. The van der Waals surface area contributed by atoms with E-state index < -0.39 is 0 Å². The minimum absolute atomic E-state index is 0.101. The van der Waals surface area contributed by atoms with Crippen molar-refractivity contribution in [2.45, 2.75) is 26.2 Å². The molecule has 0 saturated carbocycles. The van der Waals surface area contributed by atoms with Crippen molar-refractivity contribution in [2.24, 2.45) is 0 Å². The highest BCUT2D eigenvalue weighted by Gasteiger charge is 2.22. The predicted molar refractivity (Wildman–Crippen MR) is 61.4 cm³/mol. The molecule has 1 aromatic rings. The Bertz CT molecular complexity index is 413. The molecule has 0 fully saturated rings. The van der Waals surface area contributed by atoms with Crippen molar-refractivity contribution in [1.29, 1.82) is 5.26 Å². The summed E-state index contributed by atoms with van der Waals surface area (Å²) in [7, 11) is 1.59. The molecule has 0 N–H and O–H groups in total. The van der Waals surface area contributed by atoms with Gasteiger partial charge in [-0.2, -0.15) is 5.26 Å². The Kier molecular flexibility index (Phi) is 3.26. The van der Waals surface area contributed by atoms with Crippen LogP contribution in [0.4, 0.5) is 0 Å². The third kappa shape index (κ3) is 2.43. The van der Waals surface area contributed by atoms with Crippen LogP contribution in [0, 0.1) is 11.3 Å². The molecule has 0 aliphatic rings. The van der Waals surface area contributed by atoms with Crippen molar-refractivity contribution >= 4 is 11.6 Å². The van der Waals surface area contributed by atoms with Crippen LogP contribution >= 0.6 is 11.6 Å². The Balaban J connectivity index is 3.46. The van der Waals surface area contributed by atoms with Gasteiger partial charge in [-0.05, 0) is 17.5 Å². The topological polar surface area (TPSA) is 33.0 Å². The standard InChI is InChI=1S/C12H14ClNO/c1-12(2,3)11-9(13)5-8(7-14)6-10(11)15-4/h5-6H,1-4H3. The molecule has 0 aliphatic heterocycles. The Hall–Kier alpha value is -1.20. The first kappa shape index (κ1) is 11.9. The fourth-order valence-electron chi connectivity index (χ4n) is 1.53. The van der Waals surface area contributed by atoms with Crippen molar-refractivity contribution in [3.05, 3.63) is 28.3 Å². The third-order valence-electron chi connectivity index (χ3n) is 2.15. The Labute approximate surface area is 95.4 Å². The molecule has 15 heavy (non-hydrogen) atoms. The normalized spacial score (nSPS) is 10.9. The predicted octanol–water partition coefficient (Wildman–Crippen LogP) is 3.52. The second kappa shape index (κ2) is 4.12. The van der Waals surface area contributed by atoms with Crippen LogP contribution in [0.5, 0.6) is 5.75 Å². The molecule has 0 unspecified atom stereocenters. The lowest BCUT2D eigenvalue weighted by Crippen LogP contribution is -2.13. The van der Waals surface area contributed by atoms with E-state index in [2.05, 4.69) is 26.8 Å². The van der Waals surface area contributed by atoms with Crippen molar-refractivity contribution in [1.82, 2.24) is 0 Å². The van der Waals surface area contributed by atoms with Gasteiger partial charge < -0.3 is 4.74 Å². The van der Waals surface area contributed by atoms with Gasteiger partial charge in [-0.25, -0.2) is 0 Å². The molecule has 0 aromatic heterocycles. The van der Waals surface area contributed by atoms with E-state index in [1.807, 2.05) is 0 Å². The number of halogens is 1. The smallest absolute Gasteiger partial charge is 0.125 e. The summed E-state index contributed by atoms with van der Waals surface area (Å²) in [6.45, 7) is 6.17. The lowest BCUT2D eigenvalue weighted by Gasteiger charge is -2.23. The van der Waals surface area contributed by atoms with Crippen molar-refractivity contribution in [2.75, 3.05) is 7.11 Å². The van der Waals surface area contributed by atoms with Crippen LogP contribution in [0.2, 0.25) is 5.02 Å². The van der Waals surface area contributed by atoms with Crippen LogP contribution in [0.1, 0.15) is 31.9 Å². The summed E-state index contributed by atoms with van der Waals surface area (Å²) in [5.41, 5.74) is 1.35. The number of nitriles is 1. The molecule has 0 saturated heterocycles. The number of benzene rings is 1. The highest BCUT2D eigenvalue weighted by Crippen LogP contribution is 2.37. The second-order valence-corrected chi connectivity index (χ2v) is 4.80. The molecule has 0 amide bonds. The SMILES string of the molecule is COc1cc(C#N)cc(Cl)c1C(C)(C)C. The van der Waals surface area contributed by atoms with Gasteiger partial charge in [0.25, 0.3) is 0 Å². The largest absolute Gasteiger partial charge is 0.496 e. The van der Waals surface area contributed by atoms with E-state index in [1.54, 1.807) is 19.2 Å². The minimum Gasteiger partial charge on any atom is -0.496 e. The minimum atomic E-state index is -0.101. The zero-order valence-corrected chi connectivity index (χ0v) is 10.1. The maximum atomic E-state index is 8.81. The summed E-state index contributed by atoms with van der Waals surface area (Å²) in [6.07, 6.45) is 0. The molecular weight excluding hydrogens is 210 g/mol. The van der Waals surface area contributed by atoms with Crippen molar-refractivity contribution in [3.63, 3.8) is 0 Å². The highest BCUT2D eigenvalue weighted by molar-refractivity contribution is 6.31. The lowest BCUT2D eigenvalue weighted by molar-refractivity contribution is 0.397. The van der Waals surface area contributed by atoms with Gasteiger partial charge in [0.2, 0.25) is 0 Å². The quantitative estimate of drug-likeness (QED) is 0.730. The highest BCUT2D eigenvalue weighted by atomic mass is 35.5. The van der Waals surface area contributed by atoms with Gasteiger partial charge in [0.1, 0.15) is 5.75 Å². The van der Waals surface area contributed by atoms with Crippen LogP contribution in [0.15, 0.2) is 12.1 Å². The van der Waals surface area contributed by atoms with Crippen LogP contribution in [-0.2, 0) is 5.41 Å². The molecule has 3 heteroatoms. The van der Waals surface area contributed by atoms with E-state index in [9.17, 15) is 0 Å². The molecule has 0 atom stereocenters. The van der Waals surface area contributed by atoms with Gasteiger partial charge in [-0.3, -0.25) is 0 Å². The van der Waals surface area contributed by atoms with Gasteiger partial charge >= 0.3 is 0 Å². The Morgan fingerprint density at radius 2 is 1.93 bits per heavy atom. The van der Waals surface area contributed by atoms with Crippen molar-refractivity contribution in [3.8, 4) is 11.8 Å². The molecule has 1 rings (SSSR count). The van der Waals surface area contributed by atoms with E-state index in [0.29, 0.717) is 16.3 Å². The maximum absolute atomic E-state index is 8.81. The molecular formula is C12H14ClNO. The van der Waals surface area contributed by atoms with E-state index in [0.717, 1.165) is 5.56 Å². The first-order chi connectivity index (χ1) is 6.90. The molecule has 0 spiro atoms. The van der Waals surface area contributed by atoms with Gasteiger partial charge in [-0.15, -0.1) is 0 Å². The summed E-state index contributed by atoms with van der Waals surface area (Å²) in [5, 5.41) is 9.39. The molecule has 0 bridgehead atoms. The van der Waals surface area contributed by atoms with E-state index in [1.165, 1.54) is 0 Å². The number of rotatable bonds is 1. The molecule has 2 nitrogen and oxygen atoms in total. The van der Waals surface area contributed by atoms with E-state index in [-0.39, 0.29) is 5.41 Å². The second-order valence-electron chi connectivity index (χ2n) is 4.40. The van der Waals surface area contributed by atoms with E-state index in [4.69, 9.17) is 21.6 Å². The number of hydrogen-bond donors (Lipinski definition) is 0. The van der Waals surface area contributed by atoms with Gasteiger partial charge in [0.15, 0.2) is 0 Å². The first-order valence-electron chi connectivity index (χ1n) is 4.68. The van der Waals surface area contributed by atoms with E-state index >= 15 is 0 Å². The Morgan fingerprint density at radius 1 is 1.33 bits per heavy atom. The summed E-state index contributed by atoms with van der Waals surface area (Å²) in [5.74, 6) is 0.673. The number of methoxy groups -OCH3 is 1. The molecule has 0 aliphatic carbocycles. The van der Waals surface area contributed by atoms with Crippen LogP contribution in [-0.4, -0.2) is 7.11 Å². The van der Waals surface area contributed by atoms with Crippen LogP contribution in [0.25, 0.3) is 0 Å². The van der Waals surface area contributed by atoms with Crippen molar-refractivity contribution < 1.29 is 4.74 Å². The summed E-state index contributed by atoms with van der Waals surface area (Å²) in [4.78, 5) is 0. The fraction of sp³-hybridized carbons (Fsp3) is 0.417. The Morgan fingerprint density at radius 3 is 2.33 bits per heavy atom. The average molecular weight is 224 g/mol. The zero-order chi connectivity index (χ0) is 11.6. The maximum Gasteiger partial charge on any atom is 0.125 e. The number of ether oxygens (including phenoxy) is 1. The summed E-state index contributed by atoms with van der Waals surface area (Å²) >= 11 is 6.15. The number of nitrogens with zero attached hydrogens (tertiary/aromatic N) is 1. The molecule has 80 valence electrons. The summed E-state index contributed by atoms with van der Waals surface area (Å²) < 4.78 is 5.26. The summed E-state index contributed by atoms with van der Waals surface area (Å²) in [6, 6.07) is 5.44. The van der Waals surface area contributed by atoms with Crippen LogP contribution in [0.3, 0.4) is 0 Å². The molecule has 1 aromatic carbocycles. The van der Waals surface area contributed by atoms with Gasteiger partial charge in [0, 0.05) is 10.6 Å².